The van der Waals surface area contributed by atoms with Crippen LogP contribution in [0.25, 0.3) is 10.9 Å². The molecule has 0 unspecified atom stereocenters. The van der Waals surface area contributed by atoms with Crippen LogP contribution in [-0.4, -0.2) is 53.2 Å². The number of benzene rings is 1. The summed E-state index contributed by atoms with van der Waals surface area (Å²) in [7, 11) is -2.96. The highest BCUT2D eigenvalue weighted by Crippen LogP contribution is 2.25. The minimum Gasteiger partial charge on any atom is -0.497 e. The van der Waals surface area contributed by atoms with Crippen molar-refractivity contribution >= 4 is 55.2 Å². The molecule has 2 amide bonds. The zero-order valence-corrected chi connectivity index (χ0v) is 17.2. The number of hydrogen-bond donors (Lipinski definition) is 3. The summed E-state index contributed by atoms with van der Waals surface area (Å²) in [4.78, 5) is 35.0. The Bertz CT molecular complexity index is 1260. The summed E-state index contributed by atoms with van der Waals surface area (Å²) in [6, 6.07) is 6.09. The normalized spacial score (nSPS) is 11.3. The van der Waals surface area contributed by atoms with Crippen molar-refractivity contribution in [2.75, 3.05) is 12.4 Å². The van der Waals surface area contributed by atoms with E-state index in [-0.39, 0.29) is 10.8 Å². The highest BCUT2D eigenvalue weighted by molar-refractivity contribution is 7.92. The lowest BCUT2D eigenvalue weighted by molar-refractivity contribution is -0.137. The van der Waals surface area contributed by atoms with Crippen molar-refractivity contribution in [3.63, 3.8) is 0 Å². The van der Waals surface area contributed by atoms with Crippen LogP contribution in [0.15, 0.2) is 28.6 Å². The van der Waals surface area contributed by atoms with Crippen molar-refractivity contribution < 1.29 is 32.6 Å². The summed E-state index contributed by atoms with van der Waals surface area (Å²) >= 11 is 0.556. The maximum atomic E-state index is 12.7. The van der Waals surface area contributed by atoms with Gasteiger partial charge in [-0.3, -0.25) is 14.4 Å². The molecule has 14 heteroatoms. The number of nitrogens with zero attached hydrogens (tertiary/aromatic N) is 3. The molecule has 12 nitrogen and oxygen atoms in total. The first kappa shape index (κ1) is 21.2. The number of carbonyl (C=O) groups is 3. The molecule has 3 N–H and O–H groups in total. The maximum absolute atomic E-state index is 12.7. The molecule has 158 valence electrons. The van der Waals surface area contributed by atoms with Crippen molar-refractivity contribution in [3.8, 4) is 5.75 Å². The van der Waals surface area contributed by atoms with Gasteiger partial charge in [0.15, 0.2) is 0 Å². The van der Waals surface area contributed by atoms with Crippen molar-refractivity contribution in [3.05, 3.63) is 30.0 Å². The van der Waals surface area contributed by atoms with Gasteiger partial charge in [-0.2, -0.15) is 8.42 Å². The van der Waals surface area contributed by atoms with Crippen LogP contribution < -0.4 is 14.8 Å². The molecule has 0 saturated heterocycles. The van der Waals surface area contributed by atoms with Crippen LogP contribution in [0, 0.1) is 0 Å². The number of carbonyl (C=O) groups excluding carboxylic acids is 2. The van der Waals surface area contributed by atoms with Crippen LogP contribution in [0.4, 0.5) is 5.13 Å². The average molecular weight is 453 g/mol. The van der Waals surface area contributed by atoms with Crippen LogP contribution in [0.1, 0.15) is 17.4 Å². The number of rotatable bonds is 7. The number of amides is 2. The third kappa shape index (κ3) is 4.38. The molecule has 2 heterocycles. The summed E-state index contributed by atoms with van der Waals surface area (Å²) in [5.41, 5.74) is 0.223. The zero-order valence-electron chi connectivity index (χ0n) is 15.6. The van der Waals surface area contributed by atoms with E-state index in [1.165, 1.54) is 24.7 Å². The van der Waals surface area contributed by atoms with Crippen molar-refractivity contribution in [1.82, 2.24) is 19.5 Å². The van der Waals surface area contributed by atoms with Crippen LogP contribution in [-0.2, 0) is 26.2 Å². The van der Waals surface area contributed by atoms with Gasteiger partial charge in [-0.15, -0.1) is 10.2 Å². The van der Waals surface area contributed by atoms with Gasteiger partial charge in [-0.25, -0.2) is 4.72 Å². The number of hydrogen-bond acceptors (Lipinski definition) is 9. The van der Waals surface area contributed by atoms with E-state index >= 15 is 0 Å². The molecule has 1 aromatic carbocycles. The van der Waals surface area contributed by atoms with E-state index in [0.717, 1.165) is 0 Å². The predicted molar refractivity (Wildman–Crippen MR) is 105 cm³/mol. The topological polar surface area (TPSA) is 170 Å². The summed E-state index contributed by atoms with van der Waals surface area (Å²) < 4.78 is 32.6. The summed E-state index contributed by atoms with van der Waals surface area (Å²) in [6.45, 7) is 0.651. The zero-order chi connectivity index (χ0) is 22.1. The largest absolute Gasteiger partial charge is 0.497 e. The lowest BCUT2D eigenvalue weighted by atomic mass is 10.2. The minimum atomic E-state index is -4.41. The predicted octanol–water partition coefficient (Wildman–Crippen LogP) is 0.663. The Hall–Kier alpha value is -3.52. The Balaban J connectivity index is 1.96. The molecule has 0 aliphatic carbocycles. The molecule has 0 radical (unpaired) electrons. The van der Waals surface area contributed by atoms with Crippen LogP contribution in [0.3, 0.4) is 0 Å². The highest BCUT2D eigenvalue weighted by atomic mass is 32.2. The number of sulfonamides is 1. The first-order valence-corrected chi connectivity index (χ1v) is 10.5. The van der Waals surface area contributed by atoms with E-state index in [9.17, 15) is 27.9 Å². The molecule has 0 aliphatic heterocycles. The number of fused-ring (bicyclic) bond motifs is 1. The fourth-order valence-electron chi connectivity index (χ4n) is 2.61. The van der Waals surface area contributed by atoms with Gasteiger partial charge in [-0.1, -0.05) is 11.3 Å². The van der Waals surface area contributed by atoms with E-state index in [2.05, 4.69) is 15.5 Å². The van der Waals surface area contributed by atoms with Crippen LogP contribution in [0.5, 0.6) is 5.75 Å². The smallest absolute Gasteiger partial charge is 0.323 e. The Morgan fingerprint density at radius 3 is 2.60 bits per heavy atom. The van der Waals surface area contributed by atoms with Crippen molar-refractivity contribution in [2.24, 2.45) is 0 Å². The van der Waals surface area contributed by atoms with Crippen molar-refractivity contribution in [2.45, 2.75) is 17.8 Å². The standard InChI is InChI=1S/C16H15N5O7S2/c1-8(22)17-15-18-19-16(29-15)30(26,27)20-14(25)12-6-9-5-10(28-2)3-4-11(9)21(12)7-13(23)24/h3-6H,7H2,1-2H3,(H,20,25)(H,23,24)(H,17,18,22). The first-order valence-electron chi connectivity index (χ1n) is 8.18. The van der Waals surface area contributed by atoms with Gasteiger partial charge in [-0.05, 0) is 24.3 Å². The van der Waals surface area contributed by atoms with Crippen molar-refractivity contribution in [1.29, 1.82) is 0 Å². The fourth-order valence-corrected chi connectivity index (χ4v) is 4.52. The molecular weight excluding hydrogens is 438 g/mol. The van der Waals surface area contributed by atoms with Crippen LogP contribution >= 0.6 is 11.3 Å². The molecule has 3 rings (SSSR count). The Morgan fingerprint density at radius 2 is 1.97 bits per heavy atom. The lowest BCUT2D eigenvalue weighted by Gasteiger charge is -2.08. The molecule has 2 aromatic heterocycles. The summed E-state index contributed by atoms with van der Waals surface area (Å²) in [5, 5.41) is 18.9. The number of carboxylic acids is 1. The van der Waals surface area contributed by atoms with Crippen LogP contribution in [0.2, 0.25) is 0 Å². The number of ether oxygens (including phenoxy) is 1. The van der Waals surface area contributed by atoms with Gasteiger partial charge >= 0.3 is 5.97 Å². The number of aromatic nitrogens is 3. The second-order valence-electron chi connectivity index (χ2n) is 5.92. The molecule has 0 saturated carbocycles. The number of methoxy groups -OCH3 is 1. The second kappa shape index (κ2) is 8.08. The fraction of sp³-hybridized carbons (Fsp3) is 0.188. The molecule has 0 spiro atoms. The number of carboxylic acid groups (broad SMARTS) is 1. The second-order valence-corrected chi connectivity index (χ2v) is 8.76. The maximum Gasteiger partial charge on any atom is 0.323 e. The number of aliphatic carboxylic acids is 1. The lowest BCUT2D eigenvalue weighted by Crippen LogP contribution is -2.32. The third-order valence-corrected chi connectivity index (χ3v) is 6.32. The van der Waals surface area contributed by atoms with E-state index in [0.29, 0.717) is 28.0 Å². The monoisotopic (exact) mass is 453 g/mol. The number of nitrogens with one attached hydrogen (secondary N) is 2. The minimum absolute atomic E-state index is 0.0533. The van der Waals surface area contributed by atoms with Gasteiger partial charge in [0, 0.05) is 17.8 Å². The summed E-state index contributed by atoms with van der Waals surface area (Å²) in [6.07, 6.45) is 0. The molecule has 0 fully saturated rings. The highest BCUT2D eigenvalue weighted by Gasteiger charge is 2.26. The van der Waals surface area contributed by atoms with E-state index in [1.807, 2.05) is 4.72 Å². The molecule has 30 heavy (non-hydrogen) atoms. The van der Waals surface area contributed by atoms with Gasteiger partial charge in [0.05, 0.1) is 7.11 Å². The molecule has 0 atom stereocenters. The average Bonchev–Trinajstić information content (AvgIpc) is 3.25. The molecular formula is C16H15N5O7S2. The molecule has 3 aromatic rings. The first-order chi connectivity index (χ1) is 14.1. The number of anilines is 1. The summed E-state index contributed by atoms with van der Waals surface area (Å²) in [5.74, 6) is -2.26. The van der Waals surface area contributed by atoms with E-state index in [1.54, 1.807) is 18.2 Å². The van der Waals surface area contributed by atoms with Gasteiger partial charge < -0.3 is 19.7 Å². The quantitative estimate of drug-likeness (QED) is 0.435. The molecule has 0 aliphatic rings. The Kier molecular flexibility index (Phi) is 5.71. The van der Waals surface area contributed by atoms with Gasteiger partial charge in [0.2, 0.25) is 11.0 Å². The Labute approximate surface area is 173 Å². The van der Waals surface area contributed by atoms with Gasteiger partial charge in [0.1, 0.15) is 18.0 Å². The SMILES string of the molecule is COc1ccc2c(c1)cc(C(=O)NS(=O)(=O)c1nnc(NC(C)=O)s1)n2CC(=O)O. The van der Waals surface area contributed by atoms with Gasteiger partial charge in [0.25, 0.3) is 20.3 Å². The van der Waals surface area contributed by atoms with E-state index in [4.69, 9.17) is 4.74 Å². The molecule has 0 bridgehead atoms. The van der Waals surface area contributed by atoms with E-state index < -0.39 is 38.7 Å². The third-order valence-electron chi connectivity index (χ3n) is 3.78. The Morgan fingerprint density at radius 1 is 1.23 bits per heavy atom.